The van der Waals surface area contributed by atoms with Crippen molar-refractivity contribution in [1.82, 2.24) is 4.98 Å². The van der Waals surface area contributed by atoms with Gasteiger partial charge in [-0.25, -0.2) is 0 Å². The van der Waals surface area contributed by atoms with Gasteiger partial charge in [0.1, 0.15) is 0 Å². The van der Waals surface area contributed by atoms with Gasteiger partial charge in [0.15, 0.2) is 0 Å². The average molecular weight is 418 g/mol. The summed E-state index contributed by atoms with van der Waals surface area (Å²) in [7, 11) is 0. The Morgan fingerprint density at radius 2 is 1.50 bits per heavy atom. The number of fused-ring (bicyclic) bond motifs is 4. The van der Waals surface area contributed by atoms with Crippen molar-refractivity contribution in [2.75, 3.05) is 0 Å². The molecule has 1 aromatic heterocycles. The van der Waals surface area contributed by atoms with Crippen LogP contribution in [0.3, 0.4) is 0 Å². The fourth-order valence-electron chi connectivity index (χ4n) is 5.03. The van der Waals surface area contributed by atoms with Gasteiger partial charge in [-0.15, -0.1) is 0 Å². The lowest BCUT2D eigenvalue weighted by molar-refractivity contribution is 0.596. The van der Waals surface area contributed by atoms with E-state index in [1.54, 1.807) is 0 Å². The number of nitrogens with zero attached hydrogens (tertiary/aromatic N) is 1. The lowest BCUT2D eigenvalue weighted by Gasteiger charge is -2.23. The fourth-order valence-corrected chi connectivity index (χ4v) is 5.03. The Bertz CT molecular complexity index is 1450. The number of benzene rings is 4. The summed E-state index contributed by atoms with van der Waals surface area (Å²) in [5, 5.41) is 7.77. The molecule has 0 amide bonds. The molecule has 0 atom stereocenters. The summed E-state index contributed by atoms with van der Waals surface area (Å²) in [6, 6.07) is 26.8. The minimum absolute atomic E-state index is 0.0790. The molecule has 160 valence electrons. The van der Waals surface area contributed by atoms with Crippen LogP contribution in [0.25, 0.3) is 43.6 Å². The van der Waals surface area contributed by atoms with Gasteiger partial charge in [0, 0.05) is 17.1 Å². The van der Waals surface area contributed by atoms with Crippen molar-refractivity contribution in [3.05, 3.63) is 90.1 Å². The van der Waals surface area contributed by atoms with Crippen molar-refractivity contribution in [3.8, 4) is 11.3 Å². The summed E-state index contributed by atoms with van der Waals surface area (Å²) in [5.41, 5.74) is 5.18. The van der Waals surface area contributed by atoms with E-state index in [4.69, 9.17) is 4.98 Å². The van der Waals surface area contributed by atoms with E-state index in [9.17, 15) is 0 Å². The van der Waals surface area contributed by atoms with Crippen LogP contribution in [0, 0.1) is 5.92 Å². The third-order valence-corrected chi connectivity index (χ3v) is 6.46. The predicted molar refractivity (Wildman–Crippen MR) is 139 cm³/mol. The molecule has 1 heteroatoms. The summed E-state index contributed by atoms with van der Waals surface area (Å²) >= 11 is 0. The Kier molecular flexibility index (Phi) is 5.01. The molecule has 32 heavy (non-hydrogen) atoms. The predicted octanol–water partition coefficient (Wildman–Crippen LogP) is 8.70. The van der Waals surface area contributed by atoms with Crippen LogP contribution in [0.2, 0.25) is 0 Å². The molecule has 5 rings (SSSR count). The van der Waals surface area contributed by atoms with Gasteiger partial charge >= 0.3 is 0 Å². The number of pyridine rings is 1. The van der Waals surface area contributed by atoms with Crippen molar-refractivity contribution in [1.29, 1.82) is 0 Å². The molecule has 0 N–H and O–H groups in total. The number of aromatic nitrogens is 1. The van der Waals surface area contributed by atoms with Crippen LogP contribution in [0.4, 0.5) is 0 Å². The maximum atomic E-state index is 4.90. The van der Waals surface area contributed by atoms with Gasteiger partial charge in [0.2, 0.25) is 0 Å². The monoisotopic (exact) mass is 417 g/mol. The zero-order valence-electron chi connectivity index (χ0n) is 19.7. The van der Waals surface area contributed by atoms with E-state index in [1.165, 1.54) is 49.0 Å². The summed E-state index contributed by atoms with van der Waals surface area (Å²) in [4.78, 5) is 4.90. The molecule has 1 heterocycles. The average Bonchev–Trinajstić information content (AvgIpc) is 2.77. The van der Waals surface area contributed by atoms with Crippen LogP contribution >= 0.6 is 0 Å². The Morgan fingerprint density at radius 1 is 0.719 bits per heavy atom. The minimum atomic E-state index is 0.0790. The highest BCUT2D eigenvalue weighted by atomic mass is 14.7. The molecule has 0 unspecified atom stereocenters. The highest BCUT2D eigenvalue weighted by Crippen LogP contribution is 2.38. The molecule has 0 aliphatic rings. The van der Waals surface area contributed by atoms with E-state index in [0.29, 0.717) is 5.92 Å². The highest BCUT2D eigenvalue weighted by molar-refractivity contribution is 6.11. The van der Waals surface area contributed by atoms with Gasteiger partial charge < -0.3 is 0 Å². The van der Waals surface area contributed by atoms with Crippen LogP contribution < -0.4 is 0 Å². The van der Waals surface area contributed by atoms with Crippen LogP contribution in [-0.4, -0.2) is 4.98 Å². The summed E-state index contributed by atoms with van der Waals surface area (Å²) in [6.07, 6.45) is 3.03. The van der Waals surface area contributed by atoms with E-state index in [-0.39, 0.29) is 5.41 Å². The van der Waals surface area contributed by atoms with Gasteiger partial charge in [-0.1, -0.05) is 89.2 Å². The zero-order valence-corrected chi connectivity index (χ0v) is 19.7. The molecule has 5 aromatic rings. The molecule has 0 aliphatic carbocycles. The molecule has 0 saturated carbocycles. The van der Waals surface area contributed by atoms with Gasteiger partial charge in [-0.2, -0.15) is 0 Å². The fraction of sp³-hybridized carbons (Fsp3) is 0.258. The van der Waals surface area contributed by atoms with Crippen LogP contribution in [0.15, 0.2) is 79.0 Å². The maximum absolute atomic E-state index is 4.90. The van der Waals surface area contributed by atoms with Crippen LogP contribution in [-0.2, 0) is 11.8 Å². The van der Waals surface area contributed by atoms with Gasteiger partial charge in [0.05, 0.1) is 5.69 Å². The molecule has 0 spiro atoms. The second-order valence-electron chi connectivity index (χ2n) is 10.4. The first-order chi connectivity index (χ1) is 15.3. The quantitative estimate of drug-likeness (QED) is 0.267. The Balaban J connectivity index is 1.84. The molecule has 1 nitrogen and oxygen atoms in total. The van der Waals surface area contributed by atoms with E-state index in [2.05, 4.69) is 107 Å². The lowest BCUT2D eigenvalue weighted by atomic mass is 9.81. The highest BCUT2D eigenvalue weighted by Gasteiger charge is 2.19. The van der Waals surface area contributed by atoms with Gasteiger partial charge in [-0.05, 0) is 74.0 Å². The molecule has 0 bridgehead atoms. The molecular weight excluding hydrogens is 386 g/mol. The maximum Gasteiger partial charge on any atom is 0.0780 e. The Morgan fingerprint density at radius 3 is 2.28 bits per heavy atom. The van der Waals surface area contributed by atoms with Crippen molar-refractivity contribution in [2.24, 2.45) is 5.92 Å². The number of hydrogen-bond acceptors (Lipinski definition) is 1. The third kappa shape index (κ3) is 3.56. The normalized spacial score (nSPS) is 12.3. The summed E-state index contributed by atoms with van der Waals surface area (Å²) in [5.74, 6) is 0.594. The number of hydrogen-bond donors (Lipinski definition) is 0. The van der Waals surface area contributed by atoms with Crippen LogP contribution in [0.5, 0.6) is 0 Å². The van der Waals surface area contributed by atoms with Crippen molar-refractivity contribution >= 4 is 32.3 Å². The summed E-state index contributed by atoms with van der Waals surface area (Å²) in [6.45, 7) is 11.5. The van der Waals surface area contributed by atoms with Gasteiger partial charge in [0.25, 0.3) is 0 Å². The van der Waals surface area contributed by atoms with Crippen molar-refractivity contribution < 1.29 is 0 Å². The van der Waals surface area contributed by atoms with E-state index in [1.807, 2.05) is 6.20 Å². The lowest BCUT2D eigenvalue weighted by Crippen LogP contribution is -2.12. The first-order valence-corrected chi connectivity index (χ1v) is 11.7. The molecule has 0 saturated heterocycles. The molecule has 0 radical (unpaired) electrons. The topological polar surface area (TPSA) is 12.9 Å². The minimum Gasteiger partial charge on any atom is -0.256 e. The Labute approximate surface area is 191 Å². The molecule has 4 aromatic carbocycles. The van der Waals surface area contributed by atoms with Crippen molar-refractivity contribution in [3.63, 3.8) is 0 Å². The smallest absolute Gasteiger partial charge is 0.0780 e. The summed E-state index contributed by atoms with van der Waals surface area (Å²) < 4.78 is 0. The van der Waals surface area contributed by atoms with Crippen LogP contribution in [0.1, 0.15) is 45.7 Å². The first kappa shape index (κ1) is 20.7. The largest absolute Gasteiger partial charge is 0.256 e. The standard InChI is InChI=1S/C31H31N/c1-20(2)17-22-18-23(19-28-25(22)11-8-12-29(28)31(3,4)5)30-27-14-13-21-9-6-7-10-24(21)26(27)15-16-32-30/h6-16,18-20H,17H2,1-5H3. The third-order valence-electron chi connectivity index (χ3n) is 6.46. The second-order valence-corrected chi connectivity index (χ2v) is 10.4. The molecule has 0 fully saturated rings. The zero-order chi connectivity index (χ0) is 22.5. The SMILES string of the molecule is CC(C)Cc1cc(-c2nccc3c2ccc2ccccc23)cc2c(C(C)(C)C)cccc12. The van der Waals surface area contributed by atoms with Crippen molar-refractivity contribution in [2.45, 2.75) is 46.5 Å². The molecular formula is C31H31N. The Hall–Kier alpha value is -3.19. The van der Waals surface area contributed by atoms with E-state index >= 15 is 0 Å². The second kappa shape index (κ2) is 7.74. The van der Waals surface area contributed by atoms with E-state index < -0.39 is 0 Å². The number of rotatable bonds is 3. The first-order valence-electron chi connectivity index (χ1n) is 11.7. The van der Waals surface area contributed by atoms with Gasteiger partial charge in [-0.3, -0.25) is 4.98 Å². The van der Waals surface area contributed by atoms with E-state index in [0.717, 1.165) is 12.1 Å². The molecule has 0 aliphatic heterocycles.